The van der Waals surface area contributed by atoms with E-state index < -0.39 is 0 Å². The van der Waals surface area contributed by atoms with Crippen LogP contribution in [-0.4, -0.2) is 38.9 Å². The zero-order valence-corrected chi connectivity index (χ0v) is 17.8. The van der Waals surface area contributed by atoms with Crippen molar-refractivity contribution in [2.24, 2.45) is 4.99 Å². The van der Waals surface area contributed by atoms with E-state index in [2.05, 4.69) is 0 Å². The fraction of sp³-hybridized carbons (Fsp3) is 0.435. The molecule has 0 unspecified atom stereocenters. The van der Waals surface area contributed by atoms with Crippen LogP contribution in [0.15, 0.2) is 29.3 Å². The number of hydrogen-bond acceptors (Lipinski definition) is 6. The van der Waals surface area contributed by atoms with Crippen LogP contribution in [0.1, 0.15) is 44.4 Å². The predicted molar refractivity (Wildman–Crippen MR) is 113 cm³/mol. The van der Waals surface area contributed by atoms with E-state index in [-0.39, 0.29) is 6.79 Å². The summed E-state index contributed by atoms with van der Waals surface area (Å²) < 4.78 is 28.7. The third-order valence-electron chi connectivity index (χ3n) is 4.47. The summed E-state index contributed by atoms with van der Waals surface area (Å²) in [6, 6.07) is 7.92. The highest BCUT2D eigenvalue weighted by molar-refractivity contribution is 6.14. The van der Waals surface area contributed by atoms with Gasteiger partial charge >= 0.3 is 0 Å². The molecule has 0 N–H and O–H groups in total. The normalized spacial score (nSPS) is 12.8. The van der Waals surface area contributed by atoms with Crippen LogP contribution in [0.2, 0.25) is 0 Å². The van der Waals surface area contributed by atoms with Crippen molar-refractivity contribution in [1.82, 2.24) is 0 Å². The van der Waals surface area contributed by atoms with Crippen molar-refractivity contribution in [3.05, 3.63) is 41.0 Å². The molecular weight excluding hydrogens is 370 g/mol. The lowest BCUT2D eigenvalue weighted by Gasteiger charge is -2.19. The molecule has 156 valence electrons. The Hall–Kier alpha value is -2.89. The van der Waals surface area contributed by atoms with Gasteiger partial charge in [-0.3, -0.25) is 4.99 Å². The van der Waals surface area contributed by atoms with Crippen LogP contribution in [0.25, 0.3) is 0 Å². The molecular formula is C23H29NO5. The highest BCUT2D eigenvalue weighted by atomic mass is 16.7. The summed E-state index contributed by atoms with van der Waals surface area (Å²) in [5.74, 6) is 3.42. The molecule has 0 saturated heterocycles. The minimum Gasteiger partial charge on any atom is -0.490 e. The standard InChI is InChI=1S/C23H29NO5/c1-6-24-22(17-13-19-18(10-15(17)5)28-14-29-19)16-11-20(25-7-2)23(27-9-4)21(12-16)26-8-3/h10-13H,6-9,14H2,1-5H3. The largest absolute Gasteiger partial charge is 0.490 e. The molecule has 2 aromatic rings. The summed E-state index contributed by atoms with van der Waals surface area (Å²) in [5, 5.41) is 0. The maximum Gasteiger partial charge on any atom is 0.231 e. The SMILES string of the molecule is CCN=C(c1cc(OCC)c(OCC)c(OCC)c1)c1cc2c(cc1C)OCO2. The summed E-state index contributed by atoms with van der Waals surface area (Å²) in [7, 11) is 0. The molecule has 1 aliphatic heterocycles. The van der Waals surface area contributed by atoms with E-state index >= 15 is 0 Å². The number of ether oxygens (including phenoxy) is 5. The molecule has 0 saturated carbocycles. The first-order chi connectivity index (χ1) is 14.1. The number of benzene rings is 2. The predicted octanol–water partition coefficient (Wildman–Crippen LogP) is 4.78. The topological polar surface area (TPSA) is 58.5 Å². The maximum absolute atomic E-state index is 5.88. The Morgan fingerprint density at radius 1 is 0.862 bits per heavy atom. The van der Waals surface area contributed by atoms with Crippen molar-refractivity contribution < 1.29 is 23.7 Å². The molecule has 0 spiro atoms. The minimum atomic E-state index is 0.241. The summed E-state index contributed by atoms with van der Waals surface area (Å²) in [6.07, 6.45) is 0. The Morgan fingerprint density at radius 3 is 2.00 bits per heavy atom. The van der Waals surface area contributed by atoms with Gasteiger partial charge in [-0.05, 0) is 64.4 Å². The van der Waals surface area contributed by atoms with Gasteiger partial charge in [-0.2, -0.15) is 0 Å². The molecule has 1 heterocycles. The van der Waals surface area contributed by atoms with Gasteiger partial charge in [-0.25, -0.2) is 0 Å². The van der Waals surface area contributed by atoms with Gasteiger partial charge < -0.3 is 23.7 Å². The number of aliphatic imine (C=N–C) groups is 1. The molecule has 29 heavy (non-hydrogen) atoms. The zero-order chi connectivity index (χ0) is 20.8. The number of aryl methyl sites for hydroxylation is 1. The molecule has 3 rings (SSSR count). The molecule has 1 aliphatic rings. The number of fused-ring (bicyclic) bond motifs is 1. The molecule has 0 amide bonds. The first kappa shape index (κ1) is 20.8. The second-order valence-electron chi connectivity index (χ2n) is 6.44. The maximum atomic E-state index is 5.88. The van der Waals surface area contributed by atoms with E-state index in [0.29, 0.717) is 43.6 Å². The Kier molecular flexibility index (Phi) is 6.86. The lowest BCUT2D eigenvalue weighted by Crippen LogP contribution is -2.10. The highest BCUT2D eigenvalue weighted by Gasteiger charge is 2.22. The summed E-state index contributed by atoms with van der Waals surface area (Å²) >= 11 is 0. The second-order valence-corrected chi connectivity index (χ2v) is 6.44. The minimum absolute atomic E-state index is 0.241. The van der Waals surface area contributed by atoms with E-state index in [9.17, 15) is 0 Å². The van der Waals surface area contributed by atoms with Gasteiger partial charge in [-0.1, -0.05) is 0 Å². The van der Waals surface area contributed by atoms with Crippen LogP contribution in [0.4, 0.5) is 0 Å². The zero-order valence-electron chi connectivity index (χ0n) is 17.8. The van der Waals surface area contributed by atoms with Crippen molar-refractivity contribution in [1.29, 1.82) is 0 Å². The summed E-state index contributed by atoms with van der Waals surface area (Å²) in [5.41, 5.74) is 3.81. The van der Waals surface area contributed by atoms with Gasteiger partial charge in [0.05, 0.1) is 25.5 Å². The second kappa shape index (κ2) is 9.54. The summed E-state index contributed by atoms with van der Waals surface area (Å²) in [6.45, 7) is 12.4. The van der Waals surface area contributed by atoms with Gasteiger partial charge in [0.15, 0.2) is 23.0 Å². The molecule has 6 heteroatoms. The fourth-order valence-corrected chi connectivity index (χ4v) is 3.31. The van der Waals surface area contributed by atoms with Crippen molar-refractivity contribution in [2.75, 3.05) is 33.2 Å². The molecule has 0 radical (unpaired) electrons. The van der Waals surface area contributed by atoms with Crippen LogP contribution >= 0.6 is 0 Å². The van der Waals surface area contributed by atoms with Crippen molar-refractivity contribution in [2.45, 2.75) is 34.6 Å². The average molecular weight is 399 g/mol. The van der Waals surface area contributed by atoms with E-state index in [1.54, 1.807) is 0 Å². The van der Waals surface area contributed by atoms with Crippen LogP contribution in [0.5, 0.6) is 28.7 Å². The first-order valence-electron chi connectivity index (χ1n) is 10.1. The van der Waals surface area contributed by atoms with Gasteiger partial charge in [0.1, 0.15) is 0 Å². The van der Waals surface area contributed by atoms with E-state index in [1.807, 2.05) is 58.9 Å². The monoisotopic (exact) mass is 399 g/mol. The average Bonchev–Trinajstić information content (AvgIpc) is 3.15. The van der Waals surface area contributed by atoms with E-state index in [4.69, 9.17) is 28.7 Å². The Morgan fingerprint density at radius 2 is 1.45 bits per heavy atom. The molecule has 0 aliphatic carbocycles. The highest BCUT2D eigenvalue weighted by Crippen LogP contribution is 2.41. The Balaban J connectivity index is 2.16. The molecule has 0 atom stereocenters. The molecule has 0 aromatic heterocycles. The van der Waals surface area contributed by atoms with E-state index in [1.165, 1.54) is 0 Å². The van der Waals surface area contributed by atoms with Crippen LogP contribution in [0, 0.1) is 6.92 Å². The van der Waals surface area contributed by atoms with Gasteiger partial charge in [-0.15, -0.1) is 0 Å². The third-order valence-corrected chi connectivity index (χ3v) is 4.47. The van der Waals surface area contributed by atoms with Crippen LogP contribution < -0.4 is 23.7 Å². The number of hydrogen-bond donors (Lipinski definition) is 0. The van der Waals surface area contributed by atoms with Crippen LogP contribution in [-0.2, 0) is 0 Å². The lowest BCUT2D eigenvalue weighted by molar-refractivity contribution is 0.174. The lowest BCUT2D eigenvalue weighted by atomic mass is 9.96. The quantitative estimate of drug-likeness (QED) is 0.568. The van der Waals surface area contributed by atoms with Crippen LogP contribution in [0.3, 0.4) is 0 Å². The Bertz CT molecular complexity index is 864. The third kappa shape index (κ3) is 4.42. The molecule has 0 fully saturated rings. The molecule has 2 aromatic carbocycles. The fourth-order valence-electron chi connectivity index (χ4n) is 3.31. The first-order valence-corrected chi connectivity index (χ1v) is 10.1. The van der Waals surface area contributed by atoms with Crippen molar-refractivity contribution in [3.8, 4) is 28.7 Å². The molecule has 6 nitrogen and oxygen atoms in total. The summed E-state index contributed by atoms with van der Waals surface area (Å²) in [4.78, 5) is 4.80. The smallest absolute Gasteiger partial charge is 0.231 e. The van der Waals surface area contributed by atoms with Crippen molar-refractivity contribution >= 4 is 5.71 Å². The molecule has 0 bridgehead atoms. The number of rotatable bonds is 9. The van der Waals surface area contributed by atoms with E-state index in [0.717, 1.165) is 33.9 Å². The number of nitrogens with zero attached hydrogens (tertiary/aromatic N) is 1. The van der Waals surface area contributed by atoms with Gasteiger partial charge in [0, 0.05) is 17.7 Å². The van der Waals surface area contributed by atoms with Gasteiger partial charge in [0.2, 0.25) is 12.5 Å². The van der Waals surface area contributed by atoms with Gasteiger partial charge in [0.25, 0.3) is 0 Å². The Labute approximate surface area is 172 Å². The van der Waals surface area contributed by atoms with Crippen molar-refractivity contribution in [3.63, 3.8) is 0 Å².